The predicted molar refractivity (Wildman–Crippen MR) is 137 cm³/mol. The number of pyridine rings is 1. The lowest BCUT2D eigenvalue weighted by atomic mass is 9.72. The van der Waals surface area contributed by atoms with Crippen LogP contribution in [0, 0.1) is 0 Å². The summed E-state index contributed by atoms with van der Waals surface area (Å²) in [5.41, 5.74) is 12.8. The second-order valence-corrected chi connectivity index (χ2v) is 10.3. The topological polar surface area (TPSA) is 64.7 Å². The van der Waals surface area contributed by atoms with E-state index in [1.54, 1.807) is 35.1 Å². The van der Waals surface area contributed by atoms with Gasteiger partial charge in [0.25, 0.3) is 0 Å². The Morgan fingerprint density at radius 1 is 0.758 bits per heavy atom. The minimum absolute atomic E-state index is 0.155. The summed E-state index contributed by atoms with van der Waals surface area (Å²) in [5.74, 6) is 0. The van der Waals surface area contributed by atoms with E-state index in [2.05, 4.69) is 58.9 Å². The molecule has 2 aromatic carbocycles. The summed E-state index contributed by atoms with van der Waals surface area (Å²) < 4.78 is 0. The minimum atomic E-state index is -0.155. The second-order valence-electron chi connectivity index (χ2n) is 8.42. The maximum absolute atomic E-state index is 6.54. The van der Waals surface area contributed by atoms with Crippen molar-refractivity contribution in [3.05, 3.63) is 90.1 Å². The monoisotopic (exact) mass is 466 g/mol. The summed E-state index contributed by atoms with van der Waals surface area (Å²) in [6.45, 7) is 0. The van der Waals surface area contributed by atoms with Crippen LogP contribution in [0.25, 0.3) is 43.0 Å². The van der Waals surface area contributed by atoms with Crippen LogP contribution >= 0.6 is 22.7 Å². The summed E-state index contributed by atoms with van der Waals surface area (Å²) in [6, 6.07) is 23.1. The minimum Gasteiger partial charge on any atom is -0.321 e. The van der Waals surface area contributed by atoms with Crippen LogP contribution in [0.15, 0.2) is 84.5 Å². The van der Waals surface area contributed by atoms with E-state index in [0.717, 1.165) is 50.2 Å². The molecule has 0 saturated heterocycles. The van der Waals surface area contributed by atoms with Crippen molar-refractivity contribution in [2.45, 2.75) is 24.8 Å². The Morgan fingerprint density at radius 3 is 2.21 bits per heavy atom. The highest BCUT2D eigenvalue weighted by Gasteiger charge is 2.34. The molecule has 3 aromatic heterocycles. The Hall–Kier alpha value is -3.19. The third kappa shape index (κ3) is 3.80. The fraction of sp³-hybridized carbons (Fsp3) is 0.148. The molecular weight excluding hydrogens is 444 g/mol. The number of nitrogens with two attached hydrogens (primary N) is 1. The predicted octanol–water partition coefficient (Wildman–Crippen LogP) is 7.00. The molecule has 0 spiro atoms. The first-order chi connectivity index (χ1) is 16.2. The van der Waals surface area contributed by atoms with E-state index in [4.69, 9.17) is 15.7 Å². The molecule has 6 rings (SSSR count). The van der Waals surface area contributed by atoms with Gasteiger partial charge >= 0.3 is 0 Å². The van der Waals surface area contributed by atoms with Crippen LogP contribution in [0.2, 0.25) is 0 Å². The van der Waals surface area contributed by atoms with Gasteiger partial charge in [-0.15, -0.1) is 22.7 Å². The van der Waals surface area contributed by atoms with Crippen molar-refractivity contribution >= 4 is 22.7 Å². The molecule has 4 nitrogen and oxygen atoms in total. The third-order valence-corrected chi connectivity index (χ3v) is 8.31. The number of benzene rings is 2. The zero-order chi connectivity index (χ0) is 22.3. The molecule has 0 radical (unpaired) electrons. The van der Waals surface area contributed by atoms with E-state index >= 15 is 0 Å². The van der Waals surface area contributed by atoms with Gasteiger partial charge in [0, 0.05) is 34.4 Å². The molecule has 5 aromatic rings. The van der Waals surface area contributed by atoms with Crippen molar-refractivity contribution in [3.63, 3.8) is 0 Å². The summed E-state index contributed by atoms with van der Waals surface area (Å²) in [5, 5.41) is 3.99. The summed E-state index contributed by atoms with van der Waals surface area (Å²) in [7, 11) is 0. The van der Waals surface area contributed by atoms with Gasteiger partial charge in [-0.1, -0.05) is 54.6 Å². The van der Waals surface area contributed by atoms with Gasteiger partial charge in [0.05, 0.1) is 10.6 Å². The summed E-state index contributed by atoms with van der Waals surface area (Å²) >= 11 is 3.32. The van der Waals surface area contributed by atoms with Gasteiger partial charge in [-0.25, -0.2) is 9.97 Å². The van der Waals surface area contributed by atoms with E-state index in [0.29, 0.717) is 0 Å². The SMILES string of the molecule is NC1(c2ccc(-c3nc(-c4csc(-c5ccncc5)n4)sc3-c3ccccc3)cc2)CCC1. The zero-order valence-corrected chi connectivity index (χ0v) is 19.6. The third-order valence-electron chi connectivity index (χ3n) is 6.29. The van der Waals surface area contributed by atoms with Crippen molar-refractivity contribution in [3.8, 4) is 43.0 Å². The molecule has 0 bridgehead atoms. The maximum atomic E-state index is 6.54. The lowest BCUT2D eigenvalue weighted by molar-refractivity contribution is 0.253. The number of thiazole rings is 2. The highest BCUT2D eigenvalue weighted by atomic mass is 32.1. The molecule has 2 N–H and O–H groups in total. The smallest absolute Gasteiger partial charge is 0.144 e. The average Bonchev–Trinajstić information content (AvgIpc) is 3.52. The van der Waals surface area contributed by atoms with Crippen LogP contribution in [0.4, 0.5) is 0 Å². The molecule has 162 valence electrons. The van der Waals surface area contributed by atoms with E-state index in [1.807, 2.05) is 18.2 Å². The second kappa shape index (κ2) is 8.30. The number of rotatable bonds is 5. The van der Waals surface area contributed by atoms with Gasteiger partial charge in [0.1, 0.15) is 15.7 Å². The number of aromatic nitrogens is 3. The van der Waals surface area contributed by atoms with Crippen LogP contribution in [0.1, 0.15) is 24.8 Å². The fourth-order valence-electron chi connectivity index (χ4n) is 4.22. The Morgan fingerprint density at radius 2 is 1.52 bits per heavy atom. The molecule has 0 atom stereocenters. The van der Waals surface area contributed by atoms with E-state index in [9.17, 15) is 0 Å². The molecule has 0 amide bonds. The quantitative estimate of drug-likeness (QED) is 0.303. The lowest BCUT2D eigenvalue weighted by Gasteiger charge is -2.38. The van der Waals surface area contributed by atoms with Crippen LogP contribution in [0.5, 0.6) is 0 Å². The fourth-order valence-corrected chi connectivity index (χ4v) is 6.15. The van der Waals surface area contributed by atoms with Crippen LogP contribution < -0.4 is 5.73 Å². The maximum Gasteiger partial charge on any atom is 0.144 e. The Bertz CT molecular complexity index is 1390. The molecule has 3 heterocycles. The number of hydrogen-bond donors (Lipinski definition) is 1. The van der Waals surface area contributed by atoms with Gasteiger partial charge < -0.3 is 5.73 Å². The van der Waals surface area contributed by atoms with Crippen LogP contribution in [0.3, 0.4) is 0 Å². The van der Waals surface area contributed by atoms with Gasteiger partial charge in [-0.2, -0.15) is 0 Å². The van der Waals surface area contributed by atoms with Crippen molar-refractivity contribution in [2.75, 3.05) is 0 Å². The molecule has 0 aliphatic heterocycles. The largest absolute Gasteiger partial charge is 0.321 e. The van der Waals surface area contributed by atoms with Crippen LogP contribution in [-0.4, -0.2) is 15.0 Å². The van der Waals surface area contributed by atoms with Crippen molar-refractivity contribution in [1.82, 2.24) is 15.0 Å². The molecule has 0 unspecified atom stereocenters. The number of nitrogens with zero attached hydrogens (tertiary/aromatic N) is 3. The molecule has 1 saturated carbocycles. The van der Waals surface area contributed by atoms with Crippen LogP contribution in [-0.2, 0) is 5.54 Å². The van der Waals surface area contributed by atoms with Gasteiger partial charge in [0.2, 0.25) is 0 Å². The van der Waals surface area contributed by atoms with E-state index in [1.165, 1.54) is 17.5 Å². The molecule has 6 heteroatoms. The van der Waals surface area contributed by atoms with E-state index in [-0.39, 0.29) is 5.54 Å². The number of hydrogen-bond acceptors (Lipinski definition) is 6. The van der Waals surface area contributed by atoms with Gasteiger partial charge in [-0.3, -0.25) is 4.98 Å². The lowest BCUT2D eigenvalue weighted by Crippen LogP contribution is -2.43. The first-order valence-corrected chi connectivity index (χ1v) is 12.7. The molecule has 1 aliphatic carbocycles. The Kier molecular flexibility index (Phi) is 5.14. The first-order valence-electron chi connectivity index (χ1n) is 11.0. The first kappa shape index (κ1) is 20.4. The summed E-state index contributed by atoms with van der Waals surface area (Å²) in [6.07, 6.45) is 6.92. The molecule has 1 aliphatic rings. The average molecular weight is 467 g/mol. The van der Waals surface area contributed by atoms with Crippen molar-refractivity contribution in [1.29, 1.82) is 0 Å². The molecule has 1 fully saturated rings. The highest BCUT2D eigenvalue weighted by Crippen LogP contribution is 2.43. The Balaban J connectivity index is 1.41. The van der Waals surface area contributed by atoms with Crippen molar-refractivity contribution in [2.24, 2.45) is 5.73 Å². The van der Waals surface area contributed by atoms with Gasteiger partial charge in [-0.05, 0) is 42.5 Å². The van der Waals surface area contributed by atoms with Gasteiger partial charge in [0.15, 0.2) is 0 Å². The highest BCUT2D eigenvalue weighted by molar-refractivity contribution is 7.19. The van der Waals surface area contributed by atoms with E-state index < -0.39 is 0 Å². The Labute approximate surface area is 200 Å². The molecular formula is C27H22N4S2. The standard InChI is InChI=1S/C27H22N4S2/c28-27(13-4-14-27)21-9-7-18(8-10-21)23-24(19-5-2-1-3-6-19)33-26(31-23)22-17-32-25(30-22)20-11-15-29-16-12-20/h1-3,5-12,15-17H,4,13-14,28H2. The normalized spacial score (nSPS) is 14.7. The molecule has 33 heavy (non-hydrogen) atoms. The van der Waals surface area contributed by atoms with Crippen molar-refractivity contribution < 1.29 is 0 Å². The zero-order valence-electron chi connectivity index (χ0n) is 17.9. The summed E-state index contributed by atoms with van der Waals surface area (Å²) in [4.78, 5) is 15.2.